The molecule has 0 radical (unpaired) electrons. The van der Waals surface area contributed by atoms with Crippen LogP contribution in [0.3, 0.4) is 0 Å². The smallest absolute Gasteiger partial charge is 0.255 e. The summed E-state index contributed by atoms with van der Waals surface area (Å²) in [4.78, 5) is 65.3. The van der Waals surface area contributed by atoms with Crippen LogP contribution in [0, 0.1) is 0 Å². The summed E-state index contributed by atoms with van der Waals surface area (Å²) >= 11 is 6.54. The van der Waals surface area contributed by atoms with E-state index in [2.05, 4.69) is 21.3 Å². The van der Waals surface area contributed by atoms with Crippen molar-refractivity contribution in [2.45, 2.75) is 70.4 Å². The number of anilines is 1. The van der Waals surface area contributed by atoms with E-state index in [4.69, 9.17) is 26.1 Å². The number of piperazine rings is 1. The van der Waals surface area contributed by atoms with Crippen LogP contribution >= 0.6 is 18.7 Å². The van der Waals surface area contributed by atoms with E-state index in [-0.39, 0.29) is 30.7 Å². The van der Waals surface area contributed by atoms with Crippen molar-refractivity contribution in [3.8, 4) is 11.5 Å². The van der Waals surface area contributed by atoms with Crippen LogP contribution in [0.2, 0.25) is 5.02 Å². The van der Waals surface area contributed by atoms with E-state index in [1.165, 1.54) is 4.90 Å². The molecule has 4 amide bonds. The molecule has 3 aliphatic heterocycles. The second-order valence-corrected chi connectivity index (χ2v) is 19.6. The highest BCUT2D eigenvalue weighted by atomic mass is 35.5. The van der Waals surface area contributed by atoms with Gasteiger partial charge in [0.25, 0.3) is 5.91 Å². The number of hydrogen-bond donors (Lipinski definition) is 1. The number of carbonyl (C=O) groups excluding carboxylic acids is 4. The van der Waals surface area contributed by atoms with E-state index >= 15 is 0 Å². The zero-order valence-electron chi connectivity index (χ0n) is 34.5. The average Bonchev–Trinajstić information content (AvgIpc) is 3.57. The van der Waals surface area contributed by atoms with Crippen LogP contribution in [-0.2, 0) is 38.3 Å². The minimum atomic E-state index is -2.49. The molecule has 1 unspecified atom stereocenters. The predicted molar refractivity (Wildman–Crippen MR) is 231 cm³/mol. The summed E-state index contributed by atoms with van der Waals surface area (Å²) in [6.07, 6.45) is 7.02. The first-order valence-corrected chi connectivity index (χ1v) is 23.6. The Kier molecular flexibility index (Phi) is 13.6. The molecule has 0 aliphatic carbocycles. The second-order valence-electron chi connectivity index (χ2n) is 16.0. The number of amides is 4. The van der Waals surface area contributed by atoms with Crippen molar-refractivity contribution in [2.75, 3.05) is 58.1 Å². The van der Waals surface area contributed by atoms with E-state index in [0.29, 0.717) is 73.2 Å². The molecule has 13 nitrogen and oxygen atoms in total. The highest BCUT2D eigenvalue weighted by molar-refractivity contribution is 7.70. The summed E-state index contributed by atoms with van der Waals surface area (Å²) in [5, 5.41) is 3.63. The zero-order valence-corrected chi connectivity index (χ0v) is 36.1. The quantitative estimate of drug-likeness (QED) is 0.0807. The number of piperidine rings is 1. The highest BCUT2D eigenvalue weighted by Gasteiger charge is 2.40. The Bertz CT molecular complexity index is 2310. The first kappa shape index (κ1) is 42.8. The molecule has 4 heterocycles. The molecule has 316 valence electrons. The molecule has 2 saturated heterocycles. The fraction of sp³-hybridized carbons (Fsp3) is 0.422. The van der Waals surface area contributed by atoms with Crippen LogP contribution in [0.1, 0.15) is 83.5 Å². The Balaban J connectivity index is 0.833. The molecule has 2 fully saturated rings. The number of hydrogen-bond acceptors (Lipinski definition) is 10. The summed E-state index contributed by atoms with van der Waals surface area (Å²) in [6, 6.07) is 18.6. The van der Waals surface area contributed by atoms with E-state index in [9.17, 15) is 23.7 Å². The minimum Gasteiger partial charge on any atom is -0.496 e. The van der Waals surface area contributed by atoms with Crippen molar-refractivity contribution in [2.24, 2.45) is 0 Å². The normalized spacial score (nSPS) is 16.8. The molecule has 4 aromatic rings. The Morgan fingerprint density at radius 1 is 0.917 bits per heavy atom. The van der Waals surface area contributed by atoms with Crippen LogP contribution < -0.4 is 25.0 Å². The fourth-order valence-corrected chi connectivity index (χ4v) is 9.69. The largest absolute Gasteiger partial charge is 0.496 e. The highest BCUT2D eigenvalue weighted by Crippen LogP contribution is 2.37. The van der Waals surface area contributed by atoms with Crippen LogP contribution in [0.15, 0.2) is 66.9 Å². The third-order valence-electron chi connectivity index (χ3n) is 11.5. The van der Waals surface area contributed by atoms with Crippen molar-refractivity contribution in [1.29, 1.82) is 0 Å². The summed E-state index contributed by atoms with van der Waals surface area (Å²) in [5.41, 5.74) is 4.91. The lowest BCUT2D eigenvalue weighted by atomic mass is 10.0. The van der Waals surface area contributed by atoms with Crippen molar-refractivity contribution in [1.82, 2.24) is 25.1 Å². The van der Waals surface area contributed by atoms with Crippen LogP contribution in [-0.4, -0.2) is 103 Å². The van der Waals surface area contributed by atoms with Crippen LogP contribution in [0.5, 0.6) is 11.5 Å². The number of unbranched alkanes of at least 4 members (excludes halogenated alkanes) is 3. The second kappa shape index (κ2) is 19.0. The first-order valence-electron chi connectivity index (χ1n) is 20.6. The van der Waals surface area contributed by atoms with E-state index in [1.807, 2.05) is 47.4 Å². The number of fused-ring (bicyclic) bond motifs is 1. The van der Waals surface area contributed by atoms with Gasteiger partial charge in [0.1, 0.15) is 30.5 Å². The molecule has 1 aromatic heterocycles. The molecule has 1 atom stereocenters. The maximum Gasteiger partial charge on any atom is 0.255 e. The molecule has 7 rings (SSSR count). The molecule has 0 saturated carbocycles. The van der Waals surface area contributed by atoms with Gasteiger partial charge in [-0.2, -0.15) is 0 Å². The predicted octanol–water partition coefficient (Wildman–Crippen LogP) is 6.01. The molecule has 3 aromatic carbocycles. The molecule has 1 N–H and O–H groups in total. The third kappa shape index (κ3) is 10.0. The number of aromatic nitrogens is 2. The number of nitrogens with zero attached hydrogens (tertiary/aromatic N) is 5. The number of nitrogens with one attached hydrogen (secondary N) is 1. The number of imide groups is 1. The summed E-state index contributed by atoms with van der Waals surface area (Å²) in [6.45, 7) is 7.05. The molecule has 3 aliphatic rings. The summed E-state index contributed by atoms with van der Waals surface area (Å²) < 4.78 is 24.8. The first-order chi connectivity index (χ1) is 28.9. The third-order valence-corrected chi connectivity index (χ3v) is 13.4. The van der Waals surface area contributed by atoms with Crippen LogP contribution in [0.4, 0.5) is 5.69 Å². The Morgan fingerprint density at radius 2 is 1.70 bits per heavy atom. The van der Waals surface area contributed by atoms with Gasteiger partial charge in [0.2, 0.25) is 17.7 Å². The number of ether oxygens (including phenoxy) is 2. The molecule has 60 heavy (non-hydrogen) atoms. The minimum absolute atomic E-state index is 0.174. The van der Waals surface area contributed by atoms with Gasteiger partial charge in [-0.3, -0.25) is 24.5 Å². The fourth-order valence-electron chi connectivity index (χ4n) is 8.24. The Morgan fingerprint density at radius 3 is 2.47 bits per heavy atom. The van der Waals surface area contributed by atoms with Gasteiger partial charge < -0.3 is 28.7 Å². The Labute approximate surface area is 356 Å². The topological polar surface area (TPSA) is 151 Å². The van der Waals surface area contributed by atoms with Gasteiger partial charge in [0.05, 0.1) is 31.0 Å². The molecular formula is C45H52ClN6O7P. The molecule has 0 bridgehead atoms. The van der Waals surface area contributed by atoms with E-state index in [0.717, 1.165) is 72.2 Å². The van der Waals surface area contributed by atoms with Gasteiger partial charge in [0, 0.05) is 91.8 Å². The van der Waals surface area contributed by atoms with Crippen molar-refractivity contribution >= 4 is 53.4 Å². The van der Waals surface area contributed by atoms with Gasteiger partial charge in [-0.25, -0.2) is 9.97 Å². The maximum absolute atomic E-state index is 13.1. The molecule has 0 spiro atoms. The maximum atomic E-state index is 13.1. The van der Waals surface area contributed by atoms with E-state index < -0.39 is 19.1 Å². The summed E-state index contributed by atoms with van der Waals surface area (Å²) in [5.74, 6) is 1.21. The van der Waals surface area contributed by atoms with Crippen molar-refractivity contribution in [3.63, 3.8) is 0 Å². The number of halogens is 1. The van der Waals surface area contributed by atoms with E-state index in [1.54, 1.807) is 38.8 Å². The monoisotopic (exact) mass is 854 g/mol. The Hall–Kier alpha value is -5.26. The lowest BCUT2D eigenvalue weighted by Crippen LogP contribution is -2.52. The lowest BCUT2D eigenvalue weighted by Gasteiger charge is -2.36. The van der Waals surface area contributed by atoms with Crippen LogP contribution in [0.25, 0.3) is 0 Å². The van der Waals surface area contributed by atoms with Gasteiger partial charge in [-0.1, -0.05) is 60.8 Å². The number of rotatable bonds is 16. The summed E-state index contributed by atoms with van der Waals surface area (Å²) in [7, 11) is -0.829. The number of methoxy groups -OCH3 is 1. The standard InChI is InChI=1S/C45H52ClN6O7P/c1-58-39-27-32(17-16-30(39)26-41-47-28-35(46)36(48-41)25-31-11-7-8-14-40(31)60(2,3)57)50-20-22-51(23-21-50)43(54)15-6-4-5-9-24-59-38-13-10-12-33-34(38)29-52(45(33)56)37-18-19-42(53)49-44(37)55/h7-8,10-14,16-17,27-28,37H,4-6,9,15,18-26,29H2,1-3H3,(H,49,53,55). The van der Waals surface area contributed by atoms with Gasteiger partial charge in [0.15, 0.2) is 0 Å². The number of carbonyl (C=O) groups is 4. The lowest BCUT2D eigenvalue weighted by molar-refractivity contribution is -0.137. The van der Waals surface area contributed by atoms with Crippen molar-refractivity contribution < 1.29 is 33.2 Å². The SMILES string of the molecule is COc1cc(N2CCN(C(=O)CCCCCCOc3cccc4c3CN(C3CCC(=O)NC3=O)C4=O)CC2)ccc1Cc1ncc(Cl)c(Cc2ccccc2P(C)(C)=O)n1. The van der Waals surface area contributed by atoms with Gasteiger partial charge >= 0.3 is 0 Å². The molecular weight excluding hydrogens is 803 g/mol. The molecule has 15 heteroatoms. The average molecular weight is 855 g/mol. The van der Waals surface area contributed by atoms with Gasteiger partial charge in [-0.05, 0) is 56.4 Å². The number of benzene rings is 3. The zero-order chi connectivity index (χ0) is 42.4. The van der Waals surface area contributed by atoms with Gasteiger partial charge in [-0.15, -0.1) is 0 Å². The van der Waals surface area contributed by atoms with Crippen molar-refractivity contribution in [3.05, 3.63) is 106 Å².